The molecule has 210 valence electrons. The highest BCUT2D eigenvalue weighted by atomic mass is 19.1. The average Bonchev–Trinajstić information content (AvgIpc) is 3.23. The van der Waals surface area contributed by atoms with Crippen molar-refractivity contribution < 1.29 is 18.7 Å². The molecule has 0 aliphatic carbocycles. The first-order valence-corrected chi connectivity index (χ1v) is 14.2. The monoisotopic (exact) mass is 537 g/mol. The lowest BCUT2D eigenvalue weighted by Crippen LogP contribution is -2.48. The Balaban J connectivity index is 1.38. The second kappa shape index (κ2) is 13.5. The van der Waals surface area contributed by atoms with E-state index in [4.69, 9.17) is 4.74 Å². The summed E-state index contributed by atoms with van der Waals surface area (Å²) in [6.07, 6.45) is 1.49. The van der Waals surface area contributed by atoms with Crippen molar-refractivity contribution >= 4 is 11.8 Å². The van der Waals surface area contributed by atoms with Crippen molar-refractivity contribution in [3.8, 4) is 0 Å². The molecule has 0 radical (unpaired) electrons. The Morgan fingerprint density at radius 3 is 2.51 bits per heavy atom. The Morgan fingerprint density at radius 1 is 0.974 bits per heavy atom. The predicted molar refractivity (Wildman–Crippen MR) is 148 cm³/mol. The summed E-state index contributed by atoms with van der Waals surface area (Å²) in [4.78, 5) is 36.1. The van der Waals surface area contributed by atoms with E-state index >= 15 is 0 Å². The number of amides is 2. The number of benzene rings is 2. The van der Waals surface area contributed by atoms with E-state index in [9.17, 15) is 14.0 Å². The molecule has 9 heteroatoms. The molecule has 39 heavy (non-hydrogen) atoms. The van der Waals surface area contributed by atoms with Crippen LogP contribution in [0.3, 0.4) is 0 Å². The molecule has 3 heterocycles. The van der Waals surface area contributed by atoms with E-state index in [-0.39, 0.29) is 23.7 Å². The maximum Gasteiger partial charge on any atom is 0.254 e. The van der Waals surface area contributed by atoms with Crippen molar-refractivity contribution in [1.29, 1.82) is 0 Å². The van der Waals surface area contributed by atoms with Crippen LogP contribution in [-0.2, 0) is 16.1 Å². The van der Waals surface area contributed by atoms with E-state index < -0.39 is 6.04 Å². The number of hydrogen-bond acceptors (Lipinski definition) is 6. The first-order valence-electron chi connectivity index (χ1n) is 14.2. The lowest BCUT2D eigenvalue weighted by Gasteiger charge is -2.33. The summed E-state index contributed by atoms with van der Waals surface area (Å²) in [5.41, 5.74) is 1.62. The number of likely N-dealkylation sites (tertiary alicyclic amines) is 1. The number of ether oxygens (including phenoxy) is 1. The van der Waals surface area contributed by atoms with Crippen LogP contribution in [0.5, 0.6) is 0 Å². The second-order valence-corrected chi connectivity index (χ2v) is 10.7. The fourth-order valence-corrected chi connectivity index (χ4v) is 5.88. The van der Waals surface area contributed by atoms with Gasteiger partial charge in [-0.25, -0.2) is 4.39 Å². The van der Waals surface area contributed by atoms with Crippen LogP contribution in [0.2, 0.25) is 0 Å². The number of carbonyl (C=O) groups excluding carboxylic acids is 2. The van der Waals surface area contributed by atoms with Gasteiger partial charge in [-0.1, -0.05) is 30.3 Å². The highest BCUT2D eigenvalue weighted by molar-refractivity contribution is 5.98. The Kier molecular flexibility index (Phi) is 9.58. The molecule has 0 bridgehead atoms. The van der Waals surface area contributed by atoms with Gasteiger partial charge in [-0.3, -0.25) is 19.4 Å². The topological polar surface area (TPSA) is 68.4 Å². The normalized spacial score (nSPS) is 22.7. The molecule has 0 saturated carbocycles. The summed E-state index contributed by atoms with van der Waals surface area (Å²) in [7, 11) is 0. The zero-order valence-electron chi connectivity index (χ0n) is 22.6. The summed E-state index contributed by atoms with van der Waals surface area (Å²) in [6, 6.07) is 15.5. The number of rotatable bonds is 8. The highest BCUT2D eigenvalue weighted by Crippen LogP contribution is 2.28. The molecule has 0 aromatic heterocycles. The van der Waals surface area contributed by atoms with Gasteiger partial charge >= 0.3 is 0 Å². The molecule has 2 aromatic carbocycles. The summed E-state index contributed by atoms with van der Waals surface area (Å²) >= 11 is 0. The lowest BCUT2D eigenvalue weighted by atomic mass is 10.1. The van der Waals surface area contributed by atoms with Crippen molar-refractivity contribution in [2.24, 2.45) is 0 Å². The Hall–Kier alpha value is -2.85. The Labute approximate surface area is 230 Å². The van der Waals surface area contributed by atoms with Crippen LogP contribution in [0.15, 0.2) is 54.6 Å². The zero-order chi connectivity index (χ0) is 27.0. The molecule has 3 aliphatic rings. The Bertz CT molecular complexity index is 1070. The maximum absolute atomic E-state index is 13.9. The summed E-state index contributed by atoms with van der Waals surface area (Å²) < 4.78 is 19.1. The highest BCUT2D eigenvalue weighted by Gasteiger charge is 2.43. The third kappa shape index (κ3) is 7.22. The van der Waals surface area contributed by atoms with Gasteiger partial charge in [0.25, 0.3) is 5.91 Å². The van der Waals surface area contributed by atoms with E-state index in [2.05, 4.69) is 27.2 Å². The summed E-state index contributed by atoms with van der Waals surface area (Å²) in [5, 5.41) is 3.36. The van der Waals surface area contributed by atoms with Crippen molar-refractivity contribution in [3.05, 3.63) is 71.5 Å². The molecule has 3 aliphatic heterocycles. The van der Waals surface area contributed by atoms with Crippen LogP contribution in [0, 0.1) is 5.82 Å². The van der Waals surface area contributed by atoms with Crippen molar-refractivity contribution in [2.45, 2.75) is 31.5 Å². The molecule has 2 amide bonds. The van der Waals surface area contributed by atoms with Crippen molar-refractivity contribution in [1.82, 2.24) is 24.9 Å². The third-order valence-corrected chi connectivity index (χ3v) is 8.12. The van der Waals surface area contributed by atoms with E-state index in [1.807, 2.05) is 23.1 Å². The zero-order valence-corrected chi connectivity index (χ0v) is 22.6. The predicted octanol–water partition coefficient (Wildman–Crippen LogP) is 2.07. The first-order chi connectivity index (χ1) is 19.1. The van der Waals surface area contributed by atoms with Crippen LogP contribution in [0.4, 0.5) is 4.39 Å². The van der Waals surface area contributed by atoms with Gasteiger partial charge in [0, 0.05) is 70.5 Å². The molecule has 0 spiro atoms. The molecule has 1 N–H and O–H groups in total. The van der Waals surface area contributed by atoms with Crippen LogP contribution < -0.4 is 5.32 Å². The third-order valence-electron chi connectivity index (χ3n) is 8.12. The maximum atomic E-state index is 13.9. The van der Waals surface area contributed by atoms with Gasteiger partial charge < -0.3 is 19.9 Å². The largest absolute Gasteiger partial charge is 0.379 e. The van der Waals surface area contributed by atoms with E-state index in [1.54, 1.807) is 4.90 Å². The summed E-state index contributed by atoms with van der Waals surface area (Å²) in [6.45, 7) is 9.30. The fourth-order valence-electron chi connectivity index (χ4n) is 5.88. The van der Waals surface area contributed by atoms with Crippen molar-refractivity contribution in [2.75, 3.05) is 72.1 Å². The smallest absolute Gasteiger partial charge is 0.254 e. The number of morpholine rings is 1. The number of carbonyl (C=O) groups is 2. The quantitative estimate of drug-likeness (QED) is 0.556. The van der Waals surface area contributed by atoms with Gasteiger partial charge in [0.2, 0.25) is 5.91 Å². The van der Waals surface area contributed by atoms with Gasteiger partial charge in [0.05, 0.1) is 13.2 Å². The average molecular weight is 538 g/mol. The van der Waals surface area contributed by atoms with Crippen molar-refractivity contribution in [3.63, 3.8) is 0 Å². The number of hydrogen-bond donors (Lipinski definition) is 1. The molecule has 2 unspecified atom stereocenters. The number of nitrogens with zero attached hydrogens (tertiary/aromatic N) is 4. The van der Waals surface area contributed by atoms with E-state index in [1.165, 1.54) is 29.8 Å². The SMILES string of the molecule is O=C(C1CC(N(CCN2CCOCC2)Cc2ccccc2)CN1C(=O)c1ccc(F)cc1)N1CCCNCC1. The van der Waals surface area contributed by atoms with E-state index in [0.29, 0.717) is 31.6 Å². The standard InChI is InChI=1S/C30H40FN5O3/c31-26-9-7-25(8-10-26)29(37)36-23-27(21-28(36)30(38)34-13-4-11-32-12-14-34)35(22-24-5-2-1-3-6-24)16-15-33-17-19-39-20-18-33/h1-3,5-10,27-28,32H,4,11-23H2. The van der Waals surface area contributed by atoms with Crippen LogP contribution >= 0.6 is 0 Å². The minimum Gasteiger partial charge on any atom is -0.379 e. The molecule has 3 fully saturated rings. The molecule has 2 atom stereocenters. The van der Waals surface area contributed by atoms with Crippen LogP contribution in [0.25, 0.3) is 0 Å². The molecule has 8 nitrogen and oxygen atoms in total. The fraction of sp³-hybridized carbons (Fsp3) is 0.533. The molecular weight excluding hydrogens is 497 g/mol. The van der Waals surface area contributed by atoms with Gasteiger partial charge in [0.15, 0.2) is 0 Å². The van der Waals surface area contributed by atoms with E-state index in [0.717, 1.165) is 65.4 Å². The molecule has 3 saturated heterocycles. The number of halogens is 1. The number of nitrogens with one attached hydrogen (secondary N) is 1. The molecule has 2 aromatic rings. The molecular formula is C30H40FN5O3. The minimum absolute atomic E-state index is 0.0181. The summed E-state index contributed by atoms with van der Waals surface area (Å²) in [5.74, 6) is -0.575. The van der Waals surface area contributed by atoms with Crippen LogP contribution in [0.1, 0.15) is 28.8 Å². The lowest BCUT2D eigenvalue weighted by molar-refractivity contribution is -0.135. The minimum atomic E-state index is -0.535. The Morgan fingerprint density at radius 2 is 1.74 bits per heavy atom. The van der Waals surface area contributed by atoms with Gasteiger partial charge in [-0.2, -0.15) is 0 Å². The molecule has 5 rings (SSSR count). The van der Waals surface area contributed by atoms with Gasteiger partial charge in [-0.05, 0) is 49.2 Å². The first kappa shape index (κ1) is 27.7. The van der Waals surface area contributed by atoms with Gasteiger partial charge in [0.1, 0.15) is 11.9 Å². The van der Waals surface area contributed by atoms with Gasteiger partial charge in [-0.15, -0.1) is 0 Å². The second-order valence-electron chi connectivity index (χ2n) is 10.7. The van der Waals surface area contributed by atoms with Crippen LogP contribution in [-0.4, -0.2) is 116 Å².